The number of carbonyl (C=O) groups is 1. The number of rotatable bonds is 9. The quantitative estimate of drug-likeness (QED) is 0.332. The van der Waals surface area contributed by atoms with Crippen LogP contribution in [0.15, 0.2) is 48.9 Å². The van der Waals surface area contributed by atoms with Crippen LogP contribution < -0.4 is 14.8 Å². The fourth-order valence-corrected chi connectivity index (χ4v) is 4.84. The van der Waals surface area contributed by atoms with Gasteiger partial charge in [0.25, 0.3) is 5.91 Å². The van der Waals surface area contributed by atoms with E-state index in [4.69, 9.17) is 14.3 Å². The van der Waals surface area contributed by atoms with Crippen LogP contribution in [-0.4, -0.2) is 39.5 Å². The average molecular weight is 593 g/mol. The summed E-state index contributed by atoms with van der Waals surface area (Å²) < 4.78 is 13.0. The maximum absolute atomic E-state index is 12.6. The van der Waals surface area contributed by atoms with E-state index >= 15 is 0 Å². The second kappa shape index (κ2) is 11.6. The van der Waals surface area contributed by atoms with Crippen LogP contribution in [0, 0.1) is 0 Å². The molecule has 156 valence electrons. The van der Waals surface area contributed by atoms with Crippen molar-refractivity contribution in [3.63, 3.8) is 0 Å². The normalized spacial score (nSPS) is 11.2. The fraction of sp³-hybridized carbons (Fsp3) is 0.300. The van der Waals surface area contributed by atoms with Crippen molar-refractivity contribution in [3.8, 4) is 11.5 Å². The molecule has 0 unspecified atom stereocenters. The van der Waals surface area contributed by atoms with Gasteiger partial charge in [0.1, 0.15) is 24.3 Å². The van der Waals surface area contributed by atoms with Crippen molar-refractivity contribution >= 4 is 59.4 Å². The molecule has 1 N–H and O–H groups in total. The molecule has 0 bridgehead atoms. The molecular weight excluding hydrogens is 572 g/mol. The predicted octanol–water partition coefficient (Wildman–Crippen LogP) is 4.90. The molecule has 0 spiro atoms. The Morgan fingerprint density at radius 3 is 2.17 bits per heavy atom. The third-order valence-electron chi connectivity index (χ3n) is 4.01. The summed E-state index contributed by atoms with van der Waals surface area (Å²) in [7, 11) is 4.64. The maximum Gasteiger partial charge on any atom is 0.269 e. The first kappa shape index (κ1) is 23.7. The highest BCUT2D eigenvalue weighted by Crippen LogP contribution is 2.34. The lowest BCUT2D eigenvalue weighted by molar-refractivity contribution is -0.115. The van der Waals surface area contributed by atoms with Gasteiger partial charge in [-0.3, -0.25) is 4.79 Å². The summed E-state index contributed by atoms with van der Waals surface area (Å²) in [5.74, 6) is 1.18. The Bertz CT molecular complexity index is 880. The number of nitrogens with zero attached hydrogens (tertiary/aromatic N) is 1. The van der Waals surface area contributed by atoms with E-state index < -0.39 is 0 Å². The molecule has 1 amide bonds. The third kappa shape index (κ3) is 6.72. The van der Waals surface area contributed by atoms with Gasteiger partial charge in [-0.15, -0.1) is 0 Å². The van der Waals surface area contributed by atoms with E-state index in [1.807, 2.05) is 30.3 Å². The molecular formula is C20H21Br3N2O4. The first-order valence-corrected chi connectivity index (χ1v) is 11.0. The summed E-state index contributed by atoms with van der Waals surface area (Å²) in [5, 5.41) is 6.79. The summed E-state index contributed by atoms with van der Waals surface area (Å²) in [6, 6.07) is 9.54. The number of oxime groups is 1. The van der Waals surface area contributed by atoms with Crippen molar-refractivity contribution in [1.29, 1.82) is 0 Å². The zero-order chi connectivity index (χ0) is 21.4. The van der Waals surface area contributed by atoms with E-state index in [9.17, 15) is 4.79 Å². The van der Waals surface area contributed by atoms with Gasteiger partial charge in [-0.2, -0.15) is 0 Å². The molecule has 0 aromatic heterocycles. The second-order valence-corrected chi connectivity index (χ2v) is 8.53. The number of hydrogen-bond acceptors (Lipinski definition) is 5. The molecule has 0 atom stereocenters. The zero-order valence-electron chi connectivity index (χ0n) is 16.2. The molecule has 0 radical (unpaired) electrons. The molecule has 6 nitrogen and oxygen atoms in total. The molecule has 0 aliphatic heterocycles. The smallest absolute Gasteiger partial charge is 0.269 e. The number of nitrogens with one attached hydrogen (secondary N) is 1. The van der Waals surface area contributed by atoms with Gasteiger partial charge in [-0.1, -0.05) is 11.2 Å². The van der Waals surface area contributed by atoms with E-state index in [0.717, 1.165) is 36.0 Å². The monoisotopic (exact) mass is 590 g/mol. The Balaban J connectivity index is 2.00. The fourth-order valence-electron chi connectivity index (χ4n) is 2.65. The SMILES string of the molecule is CO/N=C(\Cc1ccc(OC)c(Br)c1)C(=O)NCCc1cc(Br)c(OC)c(Br)c1. The minimum atomic E-state index is -0.273. The summed E-state index contributed by atoms with van der Waals surface area (Å²) in [6.07, 6.45) is 0.989. The maximum atomic E-state index is 12.6. The molecule has 29 heavy (non-hydrogen) atoms. The van der Waals surface area contributed by atoms with Crippen molar-refractivity contribution < 1.29 is 19.1 Å². The van der Waals surface area contributed by atoms with Gasteiger partial charge in [0.15, 0.2) is 0 Å². The Labute approximate surface area is 195 Å². The van der Waals surface area contributed by atoms with Gasteiger partial charge < -0.3 is 19.6 Å². The van der Waals surface area contributed by atoms with Crippen LogP contribution in [0.3, 0.4) is 0 Å². The molecule has 0 fully saturated rings. The zero-order valence-corrected chi connectivity index (χ0v) is 21.0. The van der Waals surface area contributed by atoms with E-state index in [2.05, 4.69) is 58.3 Å². The number of amides is 1. The number of ether oxygens (including phenoxy) is 2. The van der Waals surface area contributed by atoms with E-state index in [-0.39, 0.29) is 5.91 Å². The van der Waals surface area contributed by atoms with Crippen LogP contribution in [0.5, 0.6) is 11.5 Å². The molecule has 2 aromatic rings. The van der Waals surface area contributed by atoms with Gasteiger partial charge >= 0.3 is 0 Å². The number of benzene rings is 2. The molecule has 0 heterocycles. The first-order chi connectivity index (χ1) is 13.9. The Morgan fingerprint density at radius 1 is 0.966 bits per heavy atom. The molecule has 0 saturated carbocycles. The van der Waals surface area contributed by atoms with E-state index in [0.29, 0.717) is 25.1 Å². The van der Waals surface area contributed by atoms with Crippen LogP contribution in [0.2, 0.25) is 0 Å². The van der Waals surface area contributed by atoms with Crippen molar-refractivity contribution in [2.75, 3.05) is 27.9 Å². The Hall–Kier alpha value is -1.58. The Kier molecular flexibility index (Phi) is 9.45. The highest BCUT2D eigenvalue weighted by Gasteiger charge is 2.15. The van der Waals surface area contributed by atoms with Crippen LogP contribution in [0.4, 0.5) is 0 Å². The lowest BCUT2D eigenvalue weighted by atomic mass is 10.1. The van der Waals surface area contributed by atoms with Gasteiger partial charge in [0, 0.05) is 13.0 Å². The second-order valence-electron chi connectivity index (χ2n) is 5.96. The first-order valence-electron chi connectivity index (χ1n) is 8.62. The van der Waals surface area contributed by atoms with E-state index in [1.54, 1.807) is 14.2 Å². The van der Waals surface area contributed by atoms with E-state index in [1.165, 1.54) is 7.11 Å². The Morgan fingerprint density at radius 2 is 1.62 bits per heavy atom. The molecule has 9 heteroatoms. The summed E-state index contributed by atoms with van der Waals surface area (Å²) in [5.41, 5.74) is 2.25. The minimum absolute atomic E-state index is 0.273. The highest BCUT2D eigenvalue weighted by molar-refractivity contribution is 9.11. The van der Waals surface area contributed by atoms with Gasteiger partial charge in [-0.05, 0) is 89.6 Å². The predicted molar refractivity (Wildman–Crippen MR) is 124 cm³/mol. The van der Waals surface area contributed by atoms with Crippen molar-refractivity contribution in [1.82, 2.24) is 5.32 Å². The molecule has 2 rings (SSSR count). The van der Waals surface area contributed by atoms with Crippen LogP contribution in [0.1, 0.15) is 11.1 Å². The standard InChI is InChI=1S/C20H21Br3N2O4/c1-27-18-5-4-12(8-14(18)21)11-17(25-29-3)20(26)24-7-6-13-9-15(22)19(28-2)16(23)10-13/h4-5,8-10H,6-7,11H2,1-3H3,(H,24,26)/b25-17+. The highest BCUT2D eigenvalue weighted by atomic mass is 79.9. The number of halogens is 3. The lowest BCUT2D eigenvalue weighted by Crippen LogP contribution is -2.34. The molecule has 0 saturated heterocycles. The number of hydrogen-bond donors (Lipinski definition) is 1. The largest absolute Gasteiger partial charge is 0.496 e. The summed E-state index contributed by atoms with van der Waals surface area (Å²) in [6.45, 7) is 0.457. The van der Waals surface area contributed by atoms with Crippen molar-refractivity contribution in [2.45, 2.75) is 12.8 Å². The number of carbonyl (C=O) groups excluding carboxylic acids is 1. The van der Waals surface area contributed by atoms with Gasteiger partial charge in [0.05, 0.1) is 27.6 Å². The van der Waals surface area contributed by atoms with Gasteiger partial charge in [-0.25, -0.2) is 0 Å². The van der Waals surface area contributed by atoms with Crippen molar-refractivity contribution in [3.05, 3.63) is 54.9 Å². The molecule has 2 aromatic carbocycles. The topological polar surface area (TPSA) is 69.2 Å². The third-order valence-corrected chi connectivity index (χ3v) is 5.81. The molecule has 0 aliphatic carbocycles. The minimum Gasteiger partial charge on any atom is -0.496 e. The average Bonchev–Trinajstić information content (AvgIpc) is 2.67. The van der Waals surface area contributed by atoms with Crippen LogP contribution in [0.25, 0.3) is 0 Å². The summed E-state index contributed by atoms with van der Waals surface area (Å²) in [4.78, 5) is 17.4. The van der Waals surface area contributed by atoms with Crippen LogP contribution in [-0.2, 0) is 22.5 Å². The van der Waals surface area contributed by atoms with Crippen LogP contribution >= 0.6 is 47.8 Å². The van der Waals surface area contributed by atoms with Gasteiger partial charge in [0.2, 0.25) is 0 Å². The number of methoxy groups -OCH3 is 2. The lowest BCUT2D eigenvalue weighted by Gasteiger charge is -2.11. The summed E-state index contributed by atoms with van der Waals surface area (Å²) >= 11 is 10.4. The molecule has 0 aliphatic rings. The van der Waals surface area contributed by atoms with Crippen molar-refractivity contribution in [2.24, 2.45) is 5.16 Å².